The molecule has 10 nitrogen and oxygen atoms in total. The minimum atomic E-state index is -1.78. The zero-order chi connectivity index (χ0) is 26.6. The second-order valence-electron chi connectivity index (χ2n) is 8.48. The largest absolute Gasteiger partial charge is 0.461 e. The molecule has 1 aliphatic carbocycles. The molecule has 0 radical (unpaired) electrons. The molecule has 37 heavy (non-hydrogen) atoms. The number of esters is 1. The fourth-order valence-electron chi connectivity index (χ4n) is 3.80. The summed E-state index contributed by atoms with van der Waals surface area (Å²) in [4.78, 5) is 38.1. The third kappa shape index (κ3) is 9.62. The Morgan fingerprint density at radius 3 is 2.62 bits per heavy atom. The third-order valence-electron chi connectivity index (χ3n) is 5.78. The van der Waals surface area contributed by atoms with Crippen LogP contribution in [0.4, 0.5) is 0 Å². The summed E-state index contributed by atoms with van der Waals surface area (Å²) in [7, 11) is -0.282. The van der Waals surface area contributed by atoms with Crippen molar-refractivity contribution < 1.29 is 23.3 Å². The zero-order valence-electron chi connectivity index (χ0n) is 20.6. The van der Waals surface area contributed by atoms with Crippen LogP contribution >= 0.6 is 20.1 Å². The van der Waals surface area contributed by atoms with Gasteiger partial charge in [0.15, 0.2) is 0 Å². The van der Waals surface area contributed by atoms with E-state index >= 15 is 0 Å². The summed E-state index contributed by atoms with van der Waals surface area (Å²) < 4.78 is 24.2. The topological polar surface area (TPSA) is 121 Å². The maximum Gasteiger partial charge on any atom is 0.329 e. The van der Waals surface area contributed by atoms with E-state index in [9.17, 15) is 14.4 Å². The van der Waals surface area contributed by atoms with Crippen LogP contribution in [0.15, 0.2) is 46.1 Å². The number of methoxy groups -OCH3 is 1. The van der Waals surface area contributed by atoms with Crippen molar-refractivity contribution >= 4 is 26.1 Å². The number of hydrogen-bond acceptors (Lipinski definition) is 8. The summed E-state index contributed by atoms with van der Waals surface area (Å²) in [5, 5.41) is 3.54. The predicted octanol–water partition coefficient (Wildman–Crippen LogP) is 3.56. The molecule has 2 aromatic rings. The lowest BCUT2D eigenvalue weighted by Crippen LogP contribution is -2.33. The van der Waals surface area contributed by atoms with Crippen LogP contribution in [-0.4, -0.2) is 48.0 Å². The fourth-order valence-corrected chi connectivity index (χ4v) is 5.01. The molecule has 1 saturated carbocycles. The van der Waals surface area contributed by atoms with Gasteiger partial charge in [-0.25, -0.2) is 9.88 Å². The summed E-state index contributed by atoms with van der Waals surface area (Å²) in [6, 6.07) is 7.28. The maximum atomic E-state index is 12.4. The highest BCUT2D eigenvalue weighted by Crippen LogP contribution is 2.36. The third-order valence-corrected chi connectivity index (χ3v) is 7.21. The Labute approximate surface area is 221 Å². The van der Waals surface area contributed by atoms with Crippen LogP contribution < -0.4 is 20.9 Å². The molecule has 1 fully saturated rings. The van der Waals surface area contributed by atoms with Gasteiger partial charge >= 0.3 is 20.2 Å². The number of H-pyrrole nitrogens is 1. The SMILES string of the molecule is C#CC(CC(COP(NCC(=O)OC1CCCCC1)Oc1ccc(Cl)cc1)OC)n1ccc(=O)[nH]c1=O. The average Bonchev–Trinajstić information content (AvgIpc) is 2.89. The van der Waals surface area contributed by atoms with Crippen molar-refractivity contribution in [3.05, 3.63) is 62.4 Å². The smallest absolute Gasteiger partial charge is 0.329 e. The number of carbonyl (C=O) groups is 1. The standard InChI is InChI=1S/C25H31ClN3O7P/c1-3-19(29-14-13-23(30)28-25(29)32)15-22(33-2)17-34-37(36-21-11-9-18(26)10-12-21)27-16-24(31)35-20-7-5-4-6-8-20/h1,9-14,19-20,22,27H,4-8,15-17H2,2H3,(H,28,30,32). The van der Waals surface area contributed by atoms with Gasteiger partial charge in [-0.1, -0.05) is 23.9 Å². The summed E-state index contributed by atoms with van der Waals surface area (Å²) in [6.07, 6.45) is 11.7. The molecule has 12 heteroatoms. The molecule has 200 valence electrons. The molecular weight excluding hydrogens is 521 g/mol. The van der Waals surface area contributed by atoms with Gasteiger partial charge in [0.05, 0.1) is 12.7 Å². The summed E-state index contributed by atoms with van der Waals surface area (Å²) >= 11 is 5.96. The Morgan fingerprint density at radius 2 is 1.97 bits per heavy atom. The van der Waals surface area contributed by atoms with E-state index in [2.05, 4.69) is 16.0 Å². The lowest BCUT2D eigenvalue weighted by Gasteiger charge is -2.24. The van der Waals surface area contributed by atoms with Crippen molar-refractivity contribution in [1.29, 1.82) is 0 Å². The van der Waals surface area contributed by atoms with Gasteiger partial charge in [-0.05, 0) is 49.9 Å². The number of terminal acetylenes is 1. The highest BCUT2D eigenvalue weighted by atomic mass is 35.5. The van der Waals surface area contributed by atoms with Gasteiger partial charge in [0, 0.05) is 30.8 Å². The number of ether oxygens (including phenoxy) is 2. The minimum absolute atomic E-state index is 0.0523. The molecule has 1 aromatic carbocycles. The van der Waals surface area contributed by atoms with E-state index in [1.807, 2.05) is 0 Å². The van der Waals surface area contributed by atoms with Crippen molar-refractivity contribution in [2.75, 3.05) is 20.3 Å². The second kappa shape index (κ2) is 14.9. The molecule has 3 atom stereocenters. The van der Waals surface area contributed by atoms with E-state index in [-0.39, 0.29) is 31.6 Å². The first-order valence-corrected chi connectivity index (χ1v) is 13.5. The van der Waals surface area contributed by atoms with Gasteiger partial charge in [0.1, 0.15) is 24.4 Å². The molecule has 3 unspecified atom stereocenters. The lowest BCUT2D eigenvalue weighted by atomic mass is 9.98. The number of hydrogen-bond donors (Lipinski definition) is 2. The van der Waals surface area contributed by atoms with Gasteiger partial charge in [0.25, 0.3) is 5.56 Å². The number of aromatic amines is 1. The fraction of sp³-hybridized carbons (Fsp3) is 0.480. The van der Waals surface area contributed by atoms with Crippen LogP contribution in [-0.2, 0) is 18.8 Å². The average molecular weight is 552 g/mol. The molecule has 0 bridgehead atoms. The first-order chi connectivity index (χ1) is 17.9. The highest BCUT2D eigenvalue weighted by Gasteiger charge is 2.23. The number of aromatic nitrogens is 2. The first-order valence-electron chi connectivity index (χ1n) is 12.0. The monoisotopic (exact) mass is 551 g/mol. The molecule has 1 aliphatic rings. The molecule has 0 spiro atoms. The van der Waals surface area contributed by atoms with Crippen LogP contribution in [0.3, 0.4) is 0 Å². The summed E-state index contributed by atoms with van der Waals surface area (Å²) in [5.41, 5.74) is -1.13. The second-order valence-corrected chi connectivity index (χ2v) is 10.2. The molecule has 1 heterocycles. The van der Waals surface area contributed by atoms with Crippen molar-refractivity contribution in [2.45, 2.75) is 56.8 Å². The van der Waals surface area contributed by atoms with E-state index in [4.69, 9.17) is 36.5 Å². The number of nitrogens with zero attached hydrogens (tertiary/aromatic N) is 1. The molecule has 0 saturated heterocycles. The Hall–Kier alpha value is -2.67. The molecule has 2 N–H and O–H groups in total. The normalized spacial score (nSPS) is 16.4. The van der Waals surface area contributed by atoms with Gasteiger partial charge in [0.2, 0.25) is 0 Å². The van der Waals surface area contributed by atoms with E-state index in [0.29, 0.717) is 10.8 Å². The molecular formula is C25H31ClN3O7P. The van der Waals surface area contributed by atoms with Gasteiger partial charge in [-0.15, -0.1) is 6.42 Å². The van der Waals surface area contributed by atoms with E-state index in [0.717, 1.165) is 25.7 Å². The minimum Gasteiger partial charge on any atom is -0.461 e. The molecule has 3 rings (SSSR count). The van der Waals surface area contributed by atoms with Crippen molar-refractivity contribution in [3.63, 3.8) is 0 Å². The van der Waals surface area contributed by atoms with Gasteiger partial charge in [-0.3, -0.25) is 19.1 Å². The number of nitrogens with one attached hydrogen (secondary N) is 2. The summed E-state index contributed by atoms with van der Waals surface area (Å²) in [6.45, 7) is -0.0378. The molecule has 0 aliphatic heterocycles. The van der Waals surface area contributed by atoms with Crippen LogP contribution in [0.5, 0.6) is 5.75 Å². The van der Waals surface area contributed by atoms with Crippen molar-refractivity contribution in [3.8, 4) is 18.1 Å². The Morgan fingerprint density at radius 1 is 1.24 bits per heavy atom. The highest BCUT2D eigenvalue weighted by molar-refractivity contribution is 7.45. The number of rotatable bonds is 13. The van der Waals surface area contributed by atoms with Gasteiger partial charge in [-0.2, -0.15) is 0 Å². The molecule has 0 amide bonds. The van der Waals surface area contributed by atoms with E-state index < -0.39 is 31.9 Å². The maximum absolute atomic E-state index is 12.4. The quantitative estimate of drug-likeness (QED) is 0.220. The van der Waals surface area contributed by atoms with Crippen LogP contribution in [0.25, 0.3) is 0 Å². The van der Waals surface area contributed by atoms with E-state index in [1.165, 1.54) is 30.4 Å². The summed E-state index contributed by atoms with van der Waals surface area (Å²) in [5.74, 6) is 2.67. The predicted molar refractivity (Wildman–Crippen MR) is 141 cm³/mol. The first kappa shape index (κ1) is 28.9. The number of halogens is 1. The van der Waals surface area contributed by atoms with E-state index in [1.54, 1.807) is 24.3 Å². The van der Waals surface area contributed by atoms with Crippen LogP contribution in [0, 0.1) is 12.3 Å². The van der Waals surface area contributed by atoms with Crippen molar-refractivity contribution in [2.24, 2.45) is 0 Å². The zero-order valence-corrected chi connectivity index (χ0v) is 22.2. The van der Waals surface area contributed by atoms with Crippen LogP contribution in [0.1, 0.15) is 44.6 Å². The van der Waals surface area contributed by atoms with Gasteiger partial charge < -0.3 is 18.5 Å². The Bertz CT molecular complexity index is 1160. The Balaban J connectivity index is 1.61. The number of benzene rings is 1. The van der Waals surface area contributed by atoms with Crippen molar-refractivity contribution in [1.82, 2.24) is 14.6 Å². The Kier molecular flexibility index (Phi) is 11.6. The number of carbonyl (C=O) groups excluding carboxylic acids is 1. The molecule has 1 aromatic heterocycles. The van der Waals surface area contributed by atoms with Crippen LogP contribution in [0.2, 0.25) is 5.02 Å². The lowest BCUT2D eigenvalue weighted by molar-refractivity contribution is -0.149.